The summed E-state index contributed by atoms with van der Waals surface area (Å²) in [5.74, 6) is -1.25. The maximum atomic E-state index is 13.0. The summed E-state index contributed by atoms with van der Waals surface area (Å²) < 4.78 is 0. The van der Waals surface area contributed by atoms with Crippen molar-refractivity contribution in [3.05, 3.63) is 99.8 Å². The molecular weight excluding hydrogens is 402 g/mol. The van der Waals surface area contributed by atoms with Crippen LogP contribution in [0.2, 0.25) is 5.02 Å². The lowest BCUT2D eigenvalue weighted by molar-refractivity contribution is -0.112. The number of ketones is 1. The summed E-state index contributed by atoms with van der Waals surface area (Å²) in [4.78, 5) is 41.9. The summed E-state index contributed by atoms with van der Waals surface area (Å²) in [6.45, 7) is 0.316. The zero-order chi connectivity index (χ0) is 21.1. The van der Waals surface area contributed by atoms with Crippen LogP contribution in [0.3, 0.4) is 0 Å². The van der Waals surface area contributed by atoms with Gasteiger partial charge >= 0.3 is 0 Å². The summed E-state index contributed by atoms with van der Waals surface area (Å²) in [7, 11) is 0. The van der Waals surface area contributed by atoms with E-state index in [4.69, 9.17) is 11.6 Å². The van der Waals surface area contributed by atoms with Crippen molar-refractivity contribution in [1.82, 2.24) is 10.3 Å². The number of anilines is 1. The van der Waals surface area contributed by atoms with Gasteiger partial charge in [0.2, 0.25) is 5.78 Å². The molecule has 0 spiro atoms. The normalized spacial score (nSPS) is 14.2. The van der Waals surface area contributed by atoms with Crippen LogP contribution in [0, 0.1) is 0 Å². The number of Topliss-reactive ketones (excluding diaryl/α,β-unsaturated/α-hetero) is 1. The number of hydrogen-bond donors (Lipinski definition) is 2. The second-order valence-corrected chi connectivity index (χ2v) is 7.13. The van der Waals surface area contributed by atoms with E-state index < -0.39 is 11.7 Å². The van der Waals surface area contributed by atoms with Gasteiger partial charge in [-0.25, -0.2) is 0 Å². The van der Waals surface area contributed by atoms with Crippen molar-refractivity contribution in [2.75, 3.05) is 5.32 Å². The molecular formula is C23H16ClN3O3. The number of halogens is 1. The van der Waals surface area contributed by atoms with Gasteiger partial charge < -0.3 is 10.6 Å². The minimum Gasteiger partial charge on any atom is -0.348 e. The molecule has 0 radical (unpaired) electrons. The Labute approximate surface area is 177 Å². The van der Waals surface area contributed by atoms with E-state index in [1.54, 1.807) is 54.9 Å². The maximum absolute atomic E-state index is 13.0. The number of nitrogens with zero attached hydrogens (tertiary/aromatic N) is 1. The first-order chi connectivity index (χ1) is 14.5. The fraction of sp³-hybridized carbons (Fsp3) is 0.0435. The highest BCUT2D eigenvalue weighted by atomic mass is 35.5. The van der Waals surface area contributed by atoms with E-state index in [9.17, 15) is 14.4 Å². The fourth-order valence-corrected chi connectivity index (χ4v) is 3.19. The van der Waals surface area contributed by atoms with Gasteiger partial charge in [0.05, 0.1) is 11.3 Å². The number of rotatable bonds is 4. The van der Waals surface area contributed by atoms with Crippen molar-refractivity contribution >= 4 is 41.0 Å². The van der Waals surface area contributed by atoms with Gasteiger partial charge in [0.15, 0.2) is 0 Å². The first-order valence-corrected chi connectivity index (χ1v) is 9.53. The summed E-state index contributed by atoms with van der Waals surface area (Å²) in [5.41, 5.74) is 2.50. The van der Waals surface area contributed by atoms with Crippen molar-refractivity contribution in [2.24, 2.45) is 0 Å². The van der Waals surface area contributed by atoms with E-state index in [0.717, 1.165) is 5.56 Å². The smallest absolute Gasteiger partial charge is 0.259 e. The average Bonchev–Trinajstić information content (AvgIpc) is 2.77. The van der Waals surface area contributed by atoms with E-state index in [-0.39, 0.29) is 17.0 Å². The molecule has 148 valence electrons. The van der Waals surface area contributed by atoms with E-state index >= 15 is 0 Å². The van der Waals surface area contributed by atoms with Crippen molar-refractivity contribution < 1.29 is 14.4 Å². The van der Waals surface area contributed by atoms with Gasteiger partial charge in [0, 0.05) is 35.1 Å². The monoisotopic (exact) mass is 417 g/mol. The van der Waals surface area contributed by atoms with Gasteiger partial charge in [-0.15, -0.1) is 0 Å². The Morgan fingerprint density at radius 1 is 1.10 bits per heavy atom. The lowest BCUT2D eigenvalue weighted by atomic mass is 9.93. The molecule has 2 heterocycles. The Morgan fingerprint density at radius 3 is 2.63 bits per heavy atom. The van der Waals surface area contributed by atoms with Crippen LogP contribution in [-0.2, 0) is 11.3 Å². The molecule has 0 aliphatic carbocycles. The molecule has 3 aromatic rings. The molecule has 0 saturated carbocycles. The van der Waals surface area contributed by atoms with Gasteiger partial charge in [0.25, 0.3) is 11.8 Å². The van der Waals surface area contributed by atoms with Crippen LogP contribution >= 0.6 is 11.6 Å². The molecule has 6 nitrogen and oxygen atoms in total. The minimum atomic E-state index is -0.490. The quantitative estimate of drug-likeness (QED) is 0.498. The third-order valence-electron chi connectivity index (χ3n) is 4.62. The number of carbonyl (C=O) groups excluding carboxylic acids is 3. The Hall–Kier alpha value is -3.77. The third-order valence-corrected chi connectivity index (χ3v) is 4.87. The fourth-order valence-electron chi connectivity index (χ4n) is 3.06. The van der Waals surface area contributed by atoms with Crippen LogP contribution in [0.5, 0.6) is 0 Å². The Balaban J connectivity index is 1.58. The maximum Gasteiger partial charge on any atom is 0.259 e. The highest BCUT2D eigenvalue weighted by molar-refractivity contribution is 6.36. The lowest BCUT2D eigenvalue weighted by Crippen LogP contribution is -2.28. The molecule has 1 aliphatic heterocycles. The van der Waals surface area contributed by atoms with Gasteiger partial charge in [-0.1, -0.05) is 29.8 Å². The van der Waals surface area contributed by atoms with Gasteiger partial charge in [-0.2, -0.15) is 0 Å². The van der Waals surface area contributed by atoms with Crippen molar-refractivity contribution in [3.8, 4) is 0 Å². The van der Waals surface area contributed by atoms with Crippen LogP contribution in [0.25, 0.3) is 6.08 Å². The standard InChI is InChI=1S/C23H16ClN3O3/c24-17-6-3-14(4-7-17)10-19-21(28)18-11-16(5-8-20(18)27-23(19)30)22(29)26-13-15-2-1-9-25-12-15/h1-12H,13H2,(H,26,29)(H,27,30)/b19-10+. The molecule has 0 bridgehead atoms. The Kier molecular flexibility index (Phi) is 5.41. The largest absolute Gasteiger partial charge is 0.348 e. The number of nitrogens with one attached hydrogen (secondary N) is 2. The second kappa shape index (κ2) is 8.31. The molecule has 0 unspecified atom stereocenters. The van der Waals surface area contributed by atoms with Crippen molar-refractivity contribution in [2.45, 2.75) is 6.54 Å². The molecule has 2 amide bonds. The molecule has 2 N–H and O–H groups in total. The summed E-state index contributed by atoms with van der Waals surface area (Å²) in [6, 6.07) is 15.0. The zero-order valence-electron chi connectivity index (χ0n) is 15.7. The second-order valence-electron chi connectivity index (χ2n) is 6.70. The van der Waals surface area contributed by atoms with Crippen LogP contribution in [0.4, 0.5) is 5.69 Å². The highest BCUT2D eigenvalue weighted by Gasteiger charge is 2.29. The predicted octanol–water partition coefficient (Wildman–Crippen LogP) is 3.88. The highest BCUT2D eigenvalue weighted by Crippen LogP contribution is 2.28. The molecule has 0 saturated heterocycles. The molecule has 7 heteroatoms. The molecule has 1 aliphatic rings. The van der Waals surface area contributed by atoms with Gasteiger partial charge in [0.1, 0.15) is 0 Å². The molecule has 30 heavy (non-hydrogen) atoms. The van der Waals surface area contributed by atoms with E-state index in [2.05, 4.69) is 15.6 Å². The summed E-state index contributed by atoms with van der Waals surface area (Å²) in [6.07, 6.45) is 4.83. The minimum absolute atomic E-state index is 0.00209. The zero-order valence-corrected chi connectivity index (χ0v) is 16.4. The number of benzene rings is 2. The van der Waals surface area contributed by atoms with Crippen LogP contribution in [0.1, 0.15) is 31.8 Å². The molecule has 0 atom stereocenters. The molecule has 1 aromatic heterocycles. The Bertz CT molecular complexity index is 1170. The Morgan fingerprint density at radius 2 is 1.90 bits per heavy atom. The average molecular weight is 418 g/mol. The molecule has 4 rings (SSSR count). The number of aromatic nitrogens is 1. The predicted molar refractivity (Wildman–Crippen MR) is 114 cm³/mol. The van der Waals surface area contributed by atoms with E-state index in [1.807, 2.05) is 6.07 Å². The summed E-state index contributed by atoms with van der Waals surface area (Å²) in [5, 5.41) is 6.06. The topological polar surface area (TPSA) is 88.2 Å². The summed E-state index contributed by atoms with van der Waals surface area (Å²) >= 11 is 5.88. The third kappa shape index (κ3) is 4.14. The molecule has 2 aromatic carbocycles. The lowest BCUT2D eigenvalue weighted by Gasteiger charge is -2.19. The van der Waals surface area contributed by atoms with Crippen LogP contribution in [0.15, 0.2) is 72.6 Å². The van der Waals surface area contributed by atoms with E-state index in [1.165, 1.54) is 12.1 Å². The molecule has 0 fully saturated rings. The van der Waals surface area contributed by atoms with Crippen LogP contribution in [-0.4, -0.2) is 22.6 Å². The van der Waals surface area contributed by atoms with E-state index in [0.29, 0.717) is 28.4 Å². The number of hydrogen-bond acceptors (Lipinski definition) is 4. The first-order valence-electron chi connectivity index (χ1n) is 9.16. The van der Waals surface area contributed by atoms with Gasteiger partial charge in [-0.05, 0) is 53.6 Å². The number of carbonyl (C=O) groups is 3. The van der Waals surface area contributed by atoms with Crippen molar-refractivity contribution in [1.29, 1.82) is 0 Å². The van der Waals surface area contributed by atoms with Gasteiger partial charge in [-0.3, -0.25) is 19.4 Å². The SMILES string of the molecule is O=C1Nc2ccc(C(=O)NCc3cccnc3)cc2C(=O)/C1=C\c1ccc(Cl)cc1. The van der Waals surface area contributed by atoms with Crippen molar-refractivity contribution in [3.63, 3.8) is 0 Å². The first kappa shape index (κ1) is 19.5. The number of fused-ring (bicyclic) bond motifs is 1. The van der Waals surface area contributed by atoms with Crippen LogP contribution < -0.4 is 10.6 Å². The number of pyridine rings is 1. The number of amides is 2.